The first-order valence-corrected chi connectivity index (χ1v) is 11.9. The van der Waals surface area contributed by atoms with Crippen molar-refractivity contribution in [2.24, 2.45) is 11.8 Å². The zero-order valence-corrected chi connectivity index (χ0v) is 18.4. The summed E-state index contributed by atoms with van der Waals surface area (Å²) in [5, 5.41) is 3.20. The lowest BCUT2D eigenvalue weighted by molar-refractivity contribution is -0.154. The first-order chi connectivity index (χ1) is 14.6. The summed E-state index contributed by atoms with van der Waals surface area (Å²) >= 11 is 1.51. The third-order valence-corrected chi connectivity index (χ3v) is 8.04. The predicted molar refractivity (Wildman–Crippen MR) is 121 cm³/mol. The number of Topliss-reactive ketones (excluding diaryl/α,β-unsaturated/α-hetero) is 1. The number of piperidine rings is 1. The molecule has 0 spiro atoms. The molecule has 1 aromatic carbocycles. The standard InChI is InChI=1S/C25H28N2O2S/c1-3-4-12-25-19(22(28)21-10-7-14-30-21)15-16(2)24(29)27(25)13-11-18-17-8-5-6-9-20(17)26-23(18)25/h5-10,14,16,19,26H,3-4,11-13,15H2,1-2H3/t16-,19-,25+/m0/s1. The summed E-state index contributed by atoms with van der Waals surface area (Å²) in [6.07, 6.45) is 4.30. The first-order valence-electron chi connectivity index (χ1n) is 11.1. The molecule has 4 heterocycles. The van der Waals surface area contributed by atoms with E-state index in [-0.39, 0.29) is 23.5 Å². The van der Waals surface area contributed by atoms with Crippen LogP contribution in [0.1, 0.15) is 60.5 Å². The van der Waals surface area contributed by atoms with Crippen molar-refractivity contribution in [1.82, 2.24) is 9.88 Å². The van der Waals surface area contributed by atoms with Gasteiger partial charge in [0.25, 0.3) is 0 Å². The van der Waals surface area contributed by atoms with Crippen molar-refractivity contribution in [2.75, 3.05) is 6.54 Å². The minimum atomic E-state index is -0.576. The van der Waals surface area contributed by atoms with Gasteiger partial charge in [0.15, 0.2) is 5.78 Å². The highest BCUT2D eigenvalue weighted by molar-refractivity contribution is 7.12. The maximum atomic E-state index is 13.8. The zero-order valence-electron chi connectivity index (χ0n) is 17.6. The number of benzene rings is 1. The average Bonchev–Trinajstić information content (AvgIpc) is 3.42. The molecule has 0 saturated carbocycles. The monoisotopic (exact) mass is 420 g/mol. The molecule has 3 atom stereocenters. The molecule has 1 N–H and O–H groups in total. The number of nitrogens with one attached hydrogen (secondary N) is 1. The molecule has 4 nitrogen and oxygen atoms in total. The molecule has 1 amide bonds. The minimum Gasteiger partial charge on any atom is -0.356 e. The predicted octanol–water partition coefficient (Wildman–Crippen LogP) is 5.54. The number of ketones is 1. The first kappa shape index (κ1) is 19.6. The number of aromatic amines is 1. The second kappa shape index (κ2) is 7.38. The number of aromatic nitrogens is 1. The fourth-order valence-corrected chi connectivity index (χ4v) is 6.49. The lowest BCUT2D eigenvalue weighted by Gasteiger charge is -2.55. The van der Waals surface area contributed by atoms with Gasteiger partial charge in [-0.2, -0.15) is 0 Å². The van der Waals surface area contributed by atoms with Gasteiger partial charge in [-0.25, -0.2) is 0 Å². The van der Waals surface area contributed by atoms with Gasteiger partial charge in [-0.3, -0.25) is 9.59 Å². The summed E-state index contributed by atoms with van der Waals surface area (Å²) in [6, 6.07) is 12.3. The van der Waals surface area contributed by atoms with Crippen LogP contribution in [0.5, 0.6) is 0 Å². The molecule has 0 unspecified atom stereocenters. The molecular formula is C25H28N2O2S. The van der Waals surface area contributed by atoms with Crippen LogP contribution in [0.2, 0.25) is 0 Å². The van der Waals surface area contributed by atoms with Crippen LogP contribution in [0.25, 0.3) is 10.9 Å². The molecule has 1 fully saturated rings. The van der Waals surface area contributed by atoms with Crippen LogP contribution in [0, 0.1) is 11.8 Å². The van der Waals surface area contributed by atoms with Gasteiger partial charge in [0.05, 0.1) is 16.3 Å². The van der Waals surface area contributed by atoms with Crippen LogP contribution in [0.4, 0.5) is 0 Å². The Morgan fingerprint density at radius 1 is 1.27 bits per heavy atom. The van der Waals surface area contributed by atoms with Crippen LogP contribution in [-0.2, 0) is 16.8 Å². The molecule has 0 aliphatic carbocycles. The zero-order chi connectivity index (χ0) is 20.9. The topological polar surface area (TPSA) is 53.2 Å². The van der Waals surface area contributed by atoms with Crippen LogP contribution >= 0.6 is 11.3 Å². The Labute approximate surface area is 181 Å². The van der Waals surface area contributed by atoms with E-state index >= 15 is 0 Å². The summed E-state index contributed by atoms with van der Waals surface area (Å²) in [5.74, 6) is 0.0460. The molecule has 2 aliphatic rings. The molecule has 0 radical (unpaired) electrons. The van der Waals surface area contributed by atoms with Crippen molar-refractivity contribution in [3.8, 4) is 0 Å². The van der Waals surface area contributed by atoms with Gasteiger partial charge in [-0.05, 0) is 42.3 Å². The lowest BCUT2D eigenvalue weighted by Crippen LogP contribution is -2.63. The Kier molecular flexibility index (Phi) is 4.81. The van der Waals surface area contributed by atoms with Crippen molar-refractivity contribution in [2.45, 2.75) is 51.5 Å². The summed E-state index contributed by atoms with van der Waals surface area (Å²) < 4.78 is 0. The third kappa shape index (κ3) is 2.71. The van der Waals surface area contributed by atoms with E-state index in [0.717, 1.165) is 41.8 Å². The van der Waals surface area contributed by atoms with Gasteiger partial charge in [0.1, 0.15) is 0 Å². The van der Waals surface area contributed by atoms with E-state index in [1.54, 1.807) is 0 Å². The van der Waals surface area contributed by atoms with Crippen molar-refractivity contribution < 1.29 is 9.59 Å². The second-order valence-corrected chi connectivity index (χ2v) is 9.77. The SMILES string of the molecule is CCCC[C@@]12c3[nH]c4ccccc4c3CCN1C(=O)[C@@H](C)C[C@H]2C(=O)c1cccs1. The van der Waals surface area contributed by atoms with Crippen molar-refractivity contribution >= 4 is 33.9 Å². The number of H-pyrrole nitrogens is 1. The molecule has 30 heavy (non-hydrogen) atoms. The molecule has 5 rings (SSSR count). The Balaban J connectivity index is 1.75. The smallest absolute Gasteiger partial charge is 0.226 e. The molecule has 2 aromatic heterocycles. The number of thiophene rings is 1. The minimum absolute atomic E-state index is 0.125. The summed E-state index contributed by atoms with van der Waals surface area (Å²) in [4.78, 5) is 33.8. The molecule has 3 aromatic rings. The van der Waals surface area contributed by atoms with Gasteiger partial charge in [-0.1, -0.05) is 51.0 Å². The summed E-state index contributed by atoms with van der Waals surface area (Å²) in [7, 11) is 0. The largest absolute Gasteiger partial charge is 0.356 e. The van der Waals surface area contributed by atoms with Gasteiger partial charge in [0.2, 0.25) is 5.91 Å². The number of nitrogens with zero attached hydrogens (tertiary/aromatic N) is 1. The summed E-state index contributed by atoms with van der Waals surface area (Å²) in [6.45, 7) is 4.86. The third-order valence-electron chi connectivity index (χ3n) is 7.16. The van der Waals surface area contributed by atoms with Crippen molar-refractivity contribution in [3.63, 3.8) is 0 Å². The number of unbranched alkanes of at least 4 members (excludes halogenated alkanes) is 1. The average molecular weight is 421 g/mol. The number of amides is 1. The van der Waals surface area contributed by atoms with Gasteiger partial charge < -0.3 is 9.88 Å². The maximum Gasteiger partial charge on any atom is 0.226 e. The van der Waals surface area contributed by atoms with E-state index in [1.165, 1.54) is 22.3 Å². The maximum absolute atomic E-state index is 13.8. The Hall–Kier alpha value is -2.40. The lowest BCUT2D eigenvalue weighted by atomic mass is 9.64. The van der Waals surface area contributed by atoms with Crippen LogP contribution in [0.3, 0.4) is 0 Å². The van der Waals surface area contributed by atoms with E-state index in [0.29, 0.717) is 13.0 Å². The quantitative estimate of drug-likeness (QED) is 0.551. The number of rotatable bonds is 5. The number of hydrogen-bond acceptors (Lipinski definition) is 3. The normalized spacial score (nSPS) is 25.9. The van der Waals surface area contributed by atoms with E-state index in [2.05, 4.69) is 35.0 Å². The molecule has 2 aliphatic heterocycles. The van der Waals surface area contributed by atoms with Gasteiger partial charge in [0, 0.05) is 29.1 Å². The van der Waals surface area contributed by atoms with Crippen molar-refractivity contribution in [1.29, 1.82) is 0 Å². The fourth-order valence-electron chi connectivity index (χ4n) is 5.77. The highest BCUT2D eigenvalue weighted by atomic mass is 32.1. The van der Waals surface area contributed by atoms with E-state index in [1.807, 2.05) is 30.5 Å². The van der Waals surface area contributed by atoms with E-state index < -0.39 is 5.54 Å². The number of hydrogen-bond donors (Lipinski definition) is 1. The van der Waals surface area contributed by atoms with Crippen molar-refractivity contribution in [3.05, 3.63) is 57.9 Å². The number of fused-ring (bicyclic) bond motifs is 5. The van der Waals surface area contributed by atoms with Gasteiger partial charge >= 0.3 is 0 Å². The molecule has 0 bridgehead atoms. The number of para-hydroxylation sites is 1. The molecule has 5 heteroatoms. The van der Waals surface area contributed by atoms with Crippen LogP contribution in [-0.4, -0.2) is 28.1 Å². The van der Waals surface area contributed by atoms with Crippen LogP contribution < -0.4 is 0 Å². The number of carbonyl (C=O) groups is 2. The molecular weight excluding hydrogens is 392 g/mol. The fraction of sp³-hybridized carbons (Fsp3) is 0.440. The Bertz CT molecular complexity index is 1100. The molecule has 156 valence electrons. The highest BCUT2D eigenvalue weighted by Gasteiger charge is 2.57. The second-order valence-electron chi connectivity index (χ2n) is 8.82. The van der Waals surface area contributed by atoms with Gasteiger partial charge in [-0.15, -0.1) is 11.3 Å². The number of carbonyl (C=O) groups excluding carboxylic acids is 2. The summed E-state index contributed by atoms with van der Waals surface area (Å²) in [5.41, 5.74) is 2.93. The Morgan fingerprint density at radius 2 is 2.10 bits per heavy atom. The Morgan fingerprint density at radius 3 is 2.87 bits per heavy atom. The van der Waals surface area contributed by atoms with E-state index in [4.69, 9.17) is 0 Å². The van der Waals surface area contributed by atoms with E-state index in [9.17, 15) is 9.59 Å². The molecule has 1 saturated heterocycles. The van der Waals surface area contributed by atoms with Crippen LogP contribution in [0.15, 0.2) is 41.8 Å². The highest BCUT2D eigenvalue weighted by Crippen LogP contribution is 2.52.